The van der Waals surface area contributed by atoms with Crippen molar-refractivity contribution in [3.8, 4) is 0 Å². The SMILES string of the molecule is CCc1ccccc1N1CCC(=O)NC(C)(C)C1=O. The van der Waals surface area contributed by atoms with Crippen LogP contribution in [-0.4, -0.2) is 23.9 Å². The highest BCUT2D eigenvalue weighted by Gasteiger charge is 2.37. The monoisotopic (exact) mass is 260 g/mol. The molecule has 1 aliphatic heterocycles. The third kappa shape index (κ3) is 2.62. The van der Waals surface area contributed by atoms with Crippen molar-refractivity contribution in [3.05, 3.63) is 29.8 Å². The molecule has 1 aromatic rings. The molecule has 1 heterocycles. The van der Waals surface area contributed by atoms with Crippen LogP contribution in [0.1, 0.15) is 32.8 Å². The Morgan fingerprint density at radius 2 is 1.95 bits per heavy atom. The van der Waals surface area contributed by atoms with Gasteiger partial charge in [0.25, 0.3) is 5.91 Å². The van der Waals surface area contributed by atoms with E-state index in [4.69, 9.17) is 0 Å². The summed E-state index contributed by atoms with van der Waals surface area (Å²) in [5.41, 5.74) is 1.19. The molecule has 0 aliphatic carbocycles. The Balaban J connectivity index is 2.42. The molecule has 1 saturated heterocycles. The Hall–Kier alpha value is -1.84. The first-order valence-electron chi connectivity index (χ1n) is 6.66. The fourth-order valence-corrected chi connectivity index (χ4v) is 2.42. The van der Waals surface area contributed by atoms with E-state index in [0.717, 1.165) is 17.7 Å². The Bertz CT molecular complexity index is 509. The summed E-state index contributed by atoms with van der Waals surface area (Å²) in [6.45, 7) is 6.00. The molecule has 2 rings (SSSR count). The van der Waals surface area contributed by atoms with Gasteiger partial charge in [0.15, 0.2) is 0 Å². The van der Waals surface area contributed by atoms with E-state index < -0.39 is 5.54 Å². The standard InChI is InChI=1S/C15H20N2O2/c1-4-11-7-5-6-8-12(11)17-10-9-13(18)16-15(2,3)14(17)19/h5-8H,4,9-10H2,1-3H3,(H,16,18). The molecule has 19 heavy (non-hydrogen) atoms. The molecule has 0 bridgehead atoms. The largest absolute Gasteiger partial charge is 0.342 e. The molecule has 1 aromatic carbocycles. The number of carbonyl (C=O) groups is 2. The third-order valence-electron chi connectivity index (χ3n) is 3.46. The van der Waals surface area contributed by atoms with E-state index in [1.165, 1.54) is 0 Å². The van der Waals surface area contributed by atoms with Crippen LogP contribution in [0.4, 0.5) is 5.69 Å². The Morgan fingerprint density at radius 3 is 2.63 bits per heavy atom. The van der Waals surface area contributed by atoms with Crippen LogP contribution in [-0.2, 0) is 16.0 Å². The number of anilines is 1. The summed E-state index contributed by atoms with van der Waals surface area (Å²) in [5.74, 6) is -0.130. The average Bonchev–Trinajstić information content (AvgIpc) is 2.47. The first-order valence-corrected chi connectivity index (χ1v) is 6.66. The summed E-state index contributed by atoms with van der Waals surface area (Å²) in [7, 11) is 0. The summed E-state index contributed by atoms with van der Waals surface area (Å²) >= 11 is 0. The number of carbonyl (C=O) groups excluding carboxylic acids is 2. The lowest BCUT2D eigenvalue weighted by molar-refractivity contribution is -0.128. The molecule has 1 fully saturated rings. The van der Waals surface area contributed by atoms with Crippen LogP contribution >= 0.6 is 0 Å². The van der Waals surface area contributed by atoms with Crippen molar-refractivity contribution in [1.29, 1.82) is 0 Å². The second-order valence-corrected chi connectivity index (χ2v) is 5.36. The van der Waals surface area contributed by atoms with Gasteiger partial charge in [-0.15, -0.1) is 0 Å². The highest BCUT2D eigenvalue weighted by molar-refractivity contribution is 6.04. The number of aryl methyl sites for hydroxylation is 1. The van der Waals surface area contributed by atoms with Gasteiger partial charge in [0.2, 0.25) is 5.91 Å². The van der Waals surface area contributed by atoms with Crippen LogP contribution in [0.25, 0.3) is 0 Å². The van der Waals surface area contributed by atoms with Gasteiger partial charge >= 0.3 is 0 Å². The molecule has 4 heteroatoms. The van der Waals surface area contributed by atoms with Crippen molar-refractivity contribution in [2.24, 2.45) is 0 Å². The number of benzene rings is 1. The van der Waals surface area contributed by atoms with Crippen LogP contribution in [0.3, 0.4) is 0 Å². The Labute approximate surface area is 113 Å². The summed E-state index contributed by atoms with van der Waals surface area (Å²) in [6.07, 6.45) is 1.20. The van der Waals surface area contributed by atoms with Gasteiger partial charge in [-0.05, 0) is 31.9 Å². The third-order valence-corrected chi connectivity index (χ3v) is 3.46. The maximum Gasteiger partial charge on any atom is 0.252 e. The van der Waals surface area contributed by atoms with Crippen molar-refractivity contribution >= 4 is 17.5 Å². The molecular weight excluding hydrogens is 240 g/mol. The normalized spacial score (nSPS) is 19.0. The number of hydrogen-bond donors (Lipinski definition) is 1. The number of amides is 2. The molecule has 0 spiro atoms. The minimum absolute atomic E-state index is 0.0562. The first kappa shape index (κ1) is 13.6. The van der Waals surface area contributed by atoms with Crippen LogP contribution < -0.4 is 10.2 Å². The fourth-order valence-electron chi connectivity index (χ4n) is 2.42. The van der Waals surface area contributed by atoms with Crippen molar-refractivity contribution < 1.29 is 9.59 Å². The highest BCUT2D eigenvalue weighted by Crippen LogP contribution is 2.25. The maximum absolute atomic E-state index is 12.6. The average molecular weight is 260 g/mol. The summed E-state index contributed by atoms with van der Waals surface area (Å²) < 4.78 is 0. The van der Waals surface area contributed by atoms with Crippen LogP contribution in [0.15, 0.2) is 24.3 Å². The zero-order valence-electron chi connectivity index (χ0n) is 11.7. The van der Waals surface area contributed by atoms with Crippen LogP contribution in [0.2, 0.25) is 0 Å². The van der Waals surface area contributed by atoms with E-state index in [0.29, 0.717) is 13.0 Å². The van der Waals surface area contributed by atoms with Gasteiger partial charge in [-0.3, -0.25) is 9.59 Å². The van der Waals surface area contributed by atoms with Gasteiger partial charge in [0.05, 0.1) is 0 Å². The van der Waals surface area contributed by atoms with E-state index in [1.54, 1.807) is 18.7 Å². The molecule has 0 saturated carbocycles. The van der Waals surface area contributed by atoms with Gasteiger partial charge in [-0.25, -0.2) is 0 Å². The molecule has 0 unspecified atom stereocenters. The van der Waals surface area contributed by atoms with Crippen molar-refractivity contribution in [2.75, 3.05) is 11.4 Å². The molecule has 0 radical (unpaired) electrons. The lowest BCUT2D eigenvalue weighted by atomic mass is 10.0. The molecule has 0 aromatic heterocycles. The van der Waals surface area contributed by atoms with Crippen molar-refractivity contribution in [2.45, 2.75) is 39.2 Å². The molecule has 0 atom stereocenters. The lowest BCUT2D eigenvalue weighted by Gasteiger charge is -2.30. The van der Waals surface area contributed by atoms with E-state index in [2.05, 4.69) is 12.2 Å². The topological polar surface area (TPSA) is 49.4 Å². The summed E-state index contributed by atoms with van der Waals surface area (Å²) in [4.78, 5) is 26.0. The Morgan fingerprint density at radius 1 is 1.26 bits per heavy atom. The zero-order chi connectivity index (χ0) is 14.0. The molecule has 102 valence electrons. The second kappa shape index (κ2) is 5.03. The molecule has 1 N–H and O–H groups in total. The highest BCUT2D eigenvalue weighted by atomic mass is 16.2. The van der Waals surface area contributed by atoms with Crippen molar-refractivity contribution in [1.82, 2.24) is 5.32 Å². The minimum atomic E-state index is -0.853. The van der Waals surface area contributed by atoms with Gasteiger partial charge in [-0.1, -0.05) is 25.1 Å². The smallest absolute Gasteiger partial charge is 0.252 e. The van der Waals surface area contributed by atoms with Gasteiger partial charge in [0.1, 0.15) is 5.54 Å². The van der Waals surface area contributed by atoms with Crippen LogP contribution in [0, 0.1) is 0 Å². The zero-order valence-corrected chi connectivity index (χ0v) is 11.7. The quantitative estimate of drug-likeness (QED) is 0.882. The number of nitrogens with one attached hydrogen (secondary N) is 1. The summed E-state index contributed by atoms with van der Waals surface area (Å²) in [5, 5.41) is 2.77. The maximum atomic E-state index is 12.6. The molecule has 1 aliphatic rings. The number of rotatable bonds is 2. The predicted molar refractivity (Wildman–Crippen MR) is 75.0 cm³/mol. The number of nitrogens with zero attached hydrogens (tertiary/aromatic N) is 1. The number of hydrogen-bond acceptors (Lipinski definition) is 2. The van der Waals surface area contributed by atoms with E-state index in [9.17, 15) is 9.59 Å². The second-order valence-electron chi connectivity index (χ2n) is 5.36. The van der Waals surface area contributed by atoms with Crippen LogP contribution in [0.5, 0.6) is 0 Å². The molecular formula is C15H20N2O2. The van der Waals surface area contributed by atoms with E-state index in [-0.39, 0.29) is 11.8 Å². The van der Waals surface area contributed by atoms with E-state index in [1.807, 2.05) is 24.3 Å². The van der Waals surface area contributed by atoms with Gasteiger partial charge in [0, 0.05) is 18.7 Å². The molecule has 4 nitrogen and oxygen atoms in total. The lowest BCUT2D eigenvalue weighted by Crippen LogP contribution is -2.53. The minimum Gasteiger partial charge on any atom is -0.342 e. The summed E-state index contributed by atoms with van der Waals surface area (Å²) in [6, 6.07) is 7.87. The Kier molecular flexibility index (Phi) is 3.60. The van der Waals surface area contributed by atoms with E-state index >= 15 is 0 Å². The molecule has 2 amide bonds. The predicted octanol–water partition coefficient (Wildman–Crippen LogP) is 1.88. The van der Waals surface area contributed by atoms with Gasteiger partial charge in [-0.2, -0.15) is 0 Å². The fraction of sp³-hybridized carbons (Fsp3) is 0.467. The first-order chi connectivity index (χ1) is 8.95. The van der Waals surface area contributed by atoms with Gasteiger partial charge < -0.3 is 10.2 Å². The van der Waals surface area contributed by atoms with Crippen molar-refractivity contribution in [3.63, 3.8) is 0 Å². The number of para-hydroxylation sites is 1.